The molecular weight excluding hydrogens is 366 g/mol. The van der Waals surface area contributed by atoms with Crippen molar-refractivity contribution in [2.45, 2.75) is 44.4 Å². The third-order valence-corrected chi connectivity index (χ3v) is 5.21. The van der Waals surface area contributed by atoms with Crippen LogP contribution in [0.15, 0.2) is 33.9 Å². The summed E-state index contributed by atoms with van der Waals surface area (Å²) in [6, 6.07) is 7.29. The van der Waals surface area contributed by atoms with E-state index < -0.39 is 6.04 Å². The van der Waals surface area contributed by atoms with Gasteiger partial charge in [0.25, 0.3) is 5.22 Å². The molecule has 0 bridgehead atoms. The number of hydrogen-bond acceptors (Lipinski definition) is 7. The molecule has 7 nitrogen and oxygen atoms in total. The molecule has 0 saturated carbocycles. The molecule has 2 aromatic rings. The lowest BCUT2D eigenvalue weighted by molar-refractivity contribution is -0.155. The van der Waals surface area contributed by atoms with E-state index >= 15 is 0 Å². The fourth-order valence-corrected chi connectivity index (χ4v) is 3.65. The van der Waals surface area contributed by atoms with E-state index in [1.54, 1.807) is 11.8 Å². The van der Waals surface area contributed by atoms with Crippen molar-refractivity contribution in [1.29, 1.82) is 0 Å². The number of aromatic nitrogens is 2. The molecule has 1 aromatic heterocycles. The van der Waals surface area contributed by atoms with E-state index in [4.69, 9.17) is 9.15 Å². The predicted octanol–water partition coefficient (Wildman–Crippen LogP) is 3.08. The number of benzene rings is 1. The fourth-order valence-electron chi connectivity index (χ4n) is 3.00. The average molecular weight is 389 g/mol. The highest BCUT2D eigenvalue weighted by Crippen LogP contribution is 2.25. The first-order valence-electron chi connectivity index (χ1n) is 9.08. The fraction of sp³-hybridized carbons (Fsp3) is 0.474. The average Bonchev–Trinajstić information content (AvgIpc) is 3.16. The number of piperidine rings is 1. The molecule has 0 aliphatic carbocycles. The number of likely N-dealkylation sites (tertiary alicyclic amines) is 1. The molecule has 1 atom stereocenters. The molecule has 1 saturated heterocycles. The van der Waals surface area contributed by atoms with Crippen molar-refractivity contribution in [3.8, 4) is 11.5 Å². The second-order valence-corrected chi connectivity index (χ2v) is 7.31. The number of rotatable bonds is 6. The number of hydrogen-bond donors (Lipinski definition) is 0. The first-order valence-corrected chi connectivity index (χ1v) is 10.1. The first-order chi connectivity index (χ1) is 13.1. The lowest BCUT2D eigenvalue weighted by Gasteiger charge is -2.33. The minimum absolute atomic E-state index is 0.118. The van der Waals surface area contributed by atoms with Crippen molar-refractivity contribution >= 4 is 23.6 Å². The molecule has 0 unspecified atom stereocenters. The van der Waals surface area contributed by atoms with Gasteiger partial charge in [-0.15, -0.1) is 10.2 Å². The van der Waals surface area contributed by atoms with Gasteiger partial charge < -0.3 is 14.1 Å². The molecule has 0 spiro atoms. The molecule has 8 heteroatoms. The summed E-state index contributed by atoms with van der Waals surface area (Å²) < 4.78 is 10.7. The summed E-state index contributed by atoms with van der Waals surface area (Å²) in [6.07, 6.45) is 2.46. The van der Waals surface area contributed by atoms with Crippen LogP contribution in [0.4, 0.5) is 0 Å². The zero-order valence-electron chi connectivity index (χ0n) is 15.5. The zero-order valence-corrected chi connectivity index (χ0v) is 16.3. The Bertz CT molecular complexity index is 791. The summed E-state index contributed by atoms with van der Waals surface area (Å²) in [5.41, 5.74) is 1.99. The van der Waals surface area contributed by atoms with E-state index in [2.05, 4.69) is 10.2 Å². The SMILES string of the molecule is CCOC(=O)[C@H]1CCCCN1C(=O)CSc1nnc(-c2ccc(C)cc2)o1. The predicted molar refractivity (Wildman–Crippen MR) is 101 cm³/mol. The van der Waals surface area contributed by atoms with Crippen LogP contribution in [0.25, 0.3) is 11.5 Å². The molecule has 1 aliphatic rings. The van der Waals surface area contributed by atoms with Crippen molar-refractivity contribution in [1.82, 2.24) is 15.1 Å². The standard InChI is InChI=1S/C19H23N3O4S/c1-3-25-18(24)15-6-4-5-11-22(15)16(23)12-27-19-21-20-17(26-19)14-9-7-13(2)8-10-14/h7-10,15H,3-6,11-12H2,1-2H3/t15-/m1/s1. The van der Waals surface area contributed by atoms with E-state index in [-0.39, 0.29) is 17.6 Å². The number of carbonyl (C=O) groups is 2. The van der Waals surface area contributed by atoms with Gasteiger partial charge in [0, 0.05) is 12.1 Å². The number of ether oxygens (including phenoxy) is 1. The monoisotopic (exact) mass is 389 g/mol. The Morgan fingerprint density at radius 1 is 1.26 bits per heavy atom. The van der Waals surface area contributed by atoms with Gasteiger partial charge in [0.05, 0.1) is 12.4 Å². The van der Waals surface area contributed by atoms with E-state index in [0.29, 0.717) is 30.7 Å². The summed E-state index contributed by atoms with van der Waals surface area (Å²) in [5.74, 6) is 0.126. The van der Waals surface area contributed by atoms with Gasteiger partial charge in [0.2, 0.25) is 11.8 Å². The number of esters is 1. The number of amides is 1. The Morgan fingerprint density at radius 3 is 2.78 bits per heavy atom. The minimum Gasteiger partial charge on any atom is -0.464 e. The molecule has 1 aromatic carbocycles. The van der Waals surface area contributed by atoms with E-state index in [0.717, 1.165) is 24.0 Å². The second kappa shape index (κ2) is 9.03. The Balaban J connectivity index is 1.59. The largest absolute Gasteiger partial charge is 0.464 e. The van der Waals surface area contributed by atoms with Crippen LogP contribution in [0.3, 0.4) is 0 Å². The molecule has 1 aliphatic heterocycles. The van der Waals surface area contributed by atoms with Crippen LogP contribution in [0, 0.1) is 6.92 Å². The second-order valence-electron chi connectivity index (χ2n) is 6.38. The molecular formula is C19H23N3O4S. The minimum atomic E-state index is -0.488. The van der Waals surface area contributed by atoms with Crippen molar-refractivity contribution in [3.05, 3.63) is 29.8 Å². The molecule has 0 radical (unpaired) electrons. The normalized spacial score (nSPS) is 17.0. The zero-order chi connectivity index (χ0) is 19.2. The summed E-state index contributed by atoms with van der Waals surface area (Å²) in [7, 11) is 0. The number of aryl methyl sites for hydroxylation is 1. The van der Waals surface area contributed by atoms with Gasteiger partial charge in [-0.05, 0) is 45.2 Å². The highest BCUT2D eigenvalue weighted by atomic mass is 32.2. The molecule has 0 N–H and O–H groups in total. The molecule has 144 valence electrons. The van der Waals surface area contributed by atoms with E-state index in [1.165, 1.54) is 11.8 Å². The highest BCUT2D eigenvalue weighted by molar-refractivity contribution is 7.99. The lowest BCUT2D eigenvalue weighted by atomic mass is 10.0. The summed E-state index contributed by atoms with van der Waals surface area (Å²) in [5, 5.41) is 8.37. The van der Waals surface area contributed by atoms with Crippen molar-refractivity contribution in [2.75, 3.05) is 18.9 Å². The lowest BCUT2D eigenvalue weighted by Crippen LogP contribution is -2.49. The smallest absolute Gasteiger partial charge is 0.328 e. The van der Waals surface area contributed by atoms with Gasteiger partial charge in [-0.3, -0.25) is 4.79 Å². The maximum Gasteiger partial charge on any atom is 0.328 e. The van der Waals surface area contributed by atoms with Crippen molar-refractivity contribution in [2.24, 2.45) is 0 Å². The number of thioether (sulfide) groups is 1. The number of nitrogens with zero attached hydrogens (tertiary/aromatic N) is 3. The molecule has 3 rings (SSSR count). The molecule has 1 fully saturated rings. The van der Waals surface area contributed by atoms with Crippen LogP contribution in [-0.4, -0.2) is 51.9 Å². The van der Waals surface area contributed by atoms with Crippen LogP contribution in [0.2, 0.25) is 0 Å². The quantitative estimate of drug-likeness (QED) is 0.554. The summed E-state index contributed by atoms with van der Waals surface area (Å²) >= 11 is 1.18. The van der Waals surface area contributed by atoms with Gasteiger partial charge >= 0.3 is 5.97 Å². The molecule has 27 heavy (non-hydrogen) atoms. The third-order valence-electron chi connectivity index (χ3n) is 4.41. The van der Waals surface area contributed by atoms with E-state index in [1.807, 2.05) is 31.2 Å². The summed E-state index contributed by atoms with van der Waals surface area (Å²) in [4.78, 5) is 26.3. The van der Waals surface area contributed by atoms with Crippen LogP contribution in [0.5, 0.6) is 0 Å². The van der Waals surface area contributed by atoms with E-state index in [9.17, 15) is 9.59 Å². The van der Waals surface area contributed by atoms with Gasteiger partial charge in [-0.25, -0.2) is 4.79 Å². The van der Waals surface area contributed by atoms with Crippen molar-refractivity contribution in [3.63, 3.8) is 0 Å². The van der Waals surface area contributed by atoms with Crippen LogP contribution < -0.4 is 0 Å². The maximum atomic E-state index is 12.6. The summed E-state index contributed by atoms with van der Waals surface area (Å²) in [6.45, 7) is 4.66. The van der Waals surface area contributed by atoms with Crippen molar-refractivity contribution < 1.29 is 18.7 Å². The van der Waals surface area contributed by atoms with Gasteiger partial charge in [-0.1, -0.05) is 29.5 Å². The van der Waals surface area contributed by atoms with Crippen LogP contribution in [-0.2, 0) is 14.3 Å². The Kier molecular flexibility index (Phi) is 6.49. The van der Waals surface area contributed by atoms with Crippen LogP contribution >= 0.6 is 11.8 Å². The van der Waals surface area contributed by atoms with Gasteiger partial charge in [0.1, 0.15) is 6.04 Å². The topological polar surface area (TPSA) is 85.5 Å². The first kappa shape index (κ1) is 19.4. The van der Waals surface area contributed by atoms with Gasteiger partial charge in [-0.2, -0.15) is 0 Å². The Labute approximate surface area is 162 Å². The maximum absolute atomic E-state index is 12.6. The third kappa shape index (κ3) is 4.88. The van der Waals surface area contributed by atoms with Crippen LogP contribution in [0.1, 0.15) is 31.7 Å². The van der Waals surface area contributed by atoms with Gasteiger partial charge in [0.15, 0.2) is 0 Å². The molecule has 1 amide bonds. The Morgan fingerprint density at radius 2 is 2.04 bits per heavy atom. The number of carbonyl (C=O) groups excluding carboxylic acids is 2. The Hall–Kier alpha value is -2.35. The molecule has 2 heterocycles. The highest BCUT2D eigenvalue weighted by Gasteiger charge is 2.33.